The molecule has 246 valence electrons. The van der Waals surface area contributed by atoms with Crippen molar-refractivity contribution in [3.63, 3.8) is 0 Å². The van der Waals surface area contributed by atoms with Crippen LogP contribution in [0.3, 0.4) is 0 Å². The molecule has 0 spiro atoms. The first kappa shape index (κ1) is 33.0. The second-order valence-corrected chi connectivity index (χ2v) is 14.2. The van der Waals surface area contributed by atoms with Gasteiger partial charge in [0.2, 0.25) is 0 Å². The van der Waals surface area contributed by atoms with Gasteiger partial charge in [-0.3, -0.25) is 13.8 Å². The second-order valence-electron chi connectivity index (χ2n) is 11.4. The predicted molar refractivity (Wildman–Crippen MR) is 184 cm³/mol. The lowest BCUT2D eigenvalue weighted by Gasteiger charge is -2.11. The second kappa shape index (κ2) is 14.1. The lowest BCUT2D eigenvalue weighted by atomic mass is 9.99. The molecule has 0 saturated carbocycles. The lowest BCUT2D eigenvalue weighted by molar-refractivity contribution is 0.305. The predicted octanol–water partition coefficient (Wildman–Crippen LogP) is 7.57. The van der Waals surface area contributed by atoms with E-state index < -0.39 is 30.0 Å². The van der Waals surface area contributed by atoms with Crippen molar-refractivity contribution < 1.29 is 30.7 Å². The normalized spacial score (nSPS) is 12.0. The van der Waals surface area contributed by atoms with Crippen LogP contribution in [0.1, 0.15) is 25.7 Å². The van der Waals surface area contributed by atoms with Crippen LogP contribution in [-0.4, -0.2) is 47.5 Å². The zero-order valence-corrected chi connectivity index (χ0v) is 27.4. The highest BCUT2D eigenvalue weighted by atomic mass is 32.2. The maximum Gasteiger partial charge on any atom is 0.295 e. The number of unbranched alkanes of at least 4 members (excludes halogenated alkanes) is 3. The Labute approximate surface area is 279 Å². The van der Waals surface area contributed by atoms with Crippen molar-refractivity contribution in [3.05, 3.63) is 115 Å². The third-order valence-corrected chi connectivity index (χ3v) is 9.73. The van der Waals surface area contributed by atoms with Crippen molar-refractivity contribution >= 4 is 31.0 Å². The highest BCUT2D eigenvalue weighted by molar-refractivity contribution is 7.86. The van der Waals surface area contributed by atoms with Gasteiger partial charge in [0.1, 0.15) is 16.3 Å². The molecular weight excluding hydrogens is 651 g/mol. The Morgan fingerprint density at radius 1 is 0.646 bits per heavy atom. The van der Waals surface area contributed by atoms with Crippen molar-refractivity contribution in [3.8, 4) is 39.3 Å². The summed E-state index contributed by atoms with van der Waals surface area (Å²) in [6, 6.07) is 32.5. The van der Waals surface area contributed by atoms with Crippen molar-refractivity contribution in [1.82, 2.24) is 15.0 Å². The molecule has 0 saturated heterocycles. The van der Waals surface area contributed by atoms with E-state index in [1.807, 2.05) is 71.5 Å². The average molecular weight is 684 g/mol. The zero-order chi connectivity index (χ0) is 33.7. The molecule has 0 fully saturated rings. The maximum atomic E-state index is 12.1. The molecule has 2 N–H and O–H groups in total. The van der Waals surface area contributed by atoms with Gasteiger partial charge in [0.05, 0.1) is 17.7 Å². The fourth-order valence-electron chi connectivity index (χ4n) is 5.60. The number of nitrogens with zero attached hydrogens (tertiary/aromatic N) is 3. The zero-order valence-electron chi connectivity index (χ0n) is 25.8. The van der Waals surface area contributed by atoms with E-state index in [4.69, 9.17) is 4.74 Å². The van der Waals surface area contributed by atoms with E-state index in [0.717, 1.165) is 72.4 Å². The van der Waals surface area contributed by atoms with Crippen LogP contribution < -0.4 is 4.74 Å². The lowest BCUT2D eigenvalue weighted by Crippen LogP contribution is -2.04. The number of para-hydroxylation sites is 1. The van der Waals surface area contributed by atoms with Gasteiger partial charge in [-0.25, -0.2) is 0 Å². The SMILES string of the molecule is O=S(=O)(O)c1cc(S(=O)(=O)O)c2cc(-c3cccc(-c4cn(CCCCCCOc5ccccc5-c5ccccc5)nn4)c3)ccc2c1. The molecule has 6 aromatic rings. The molecule has 0 aliphatic rings. The van der Waals surface area contributed by atoms with Gasteiger partial charge in [0.25, 0.3) is 20.2 Å². The van der Waals surface area contributed by atoms with Crippen LogP contribution in [0, 0.1) is 0 Å². The van der Waals surface area contributed by atoms with Gasteiger partial charge in [-0.05, 0) is 71.7 Å². The molecule has 6 rings (SSSR count). The fourth-order valence-corrected chi connectivity index (χ4v) is 6.95. The molecule has 48 heavy (non-hydrogen) atoms. The molecule has 0 atom stereocenters. The summed E-state index contributed by atoms with van der Waals surface area (Å²) in [6.07, 6.45) is 5.82. The van der Waals surface area contributed by atoms with Crippen LogP contribution in [0.15, 0.2) is 125 Å². The minimum absolute atomic E-state index is 0.113. The van der Waals surface area contributed by atoms with Crippen LogP contribution in [0.4, 0.5) is 0 Å². The van der Waals surface area contributed by atoms with E-state index >= 15 is 0 Å². The molecule has 10 nitrogen and oxygen atoms in total. The third kappa shape index (κ3) is 7.80. The number of benzene rings is 5. The Bertz CT molecular complexity index is 2290. The van der Waals surface area contributed by atoms with E-state index in [-0.39, 0.29) is 10.8 Å². The molecule has 1 aromatic heterocycles. The maximum absolute atomic E-state index is 12.1. The van der Waals surface area contributed by atoms with Crippen LogP contribution >= 0.6 is 0 Å². The first-order chi connectivity index (χ1) is 23.1. The molecule has 0 bridgehead atoms. The number of ether oxygens (including phenoxy) is 1. The summed E-state index contributed by atoms with van der Waals surface area (Å²) in [5.74, 6) is 0.889. The molecule has 0 aliphatic carbocycles. The number of hydrogen-bond donors (Lipinski definition) is 2. The van der Waals surface area contributed by atoms with Gasteiger partial charge in [-0.2, -0.15) is 16.8 Å². The van der Waals surface area contributed by atoms with Crippen molar-refractivity contribution in [2.45, 2.75) is 42.0 Å². The number of fused-ring (bicyclic) bond motifs is 1. The van der Waals surface area contributed by atoms with E-state index in [1.165, 1.54) is 6.07 Å². The molecule has 0 radical (unpaired) electrons. The standard InChI is InChI=1S/C36H33N3O7S2/c40-47(41,42)31-22-29-18-17-28(23-33(29)36(24-31)48(43,44)45)27-13-10-14-30(21-27)34-25-39(38-37-34)19-8-1-2-9-20-46-35-16-7-6-15-32(35)26-11-4-3-5-12-26/h3-7,10-18,21-25H,1-2,8-9,19-20H2,(H,40,41,42)(H,43,44,45). The van der Waals surface area contributed by atoms with Gasteiger partial charge in [0, 0.05) is 23.1 Å². The fraction of sp³-hybridized carbons (Fsp3) is 0.167. The Morgan fingerprint density at radius 2 is 1.35 bits per heavy atom. The summed E-state index contributed by atoms with van der Waals surface area (Å²) in [5, 5.41) is 8.97. The first-order valence-corrected chi connectivity index (χ1v) is 18.3. The topological polar surface area (TPSA) is 149 Å². The molecule has 0 amide bonds. The average Bonchev–Trinajstić information content (AvgIpc) is 3.56. The molecule has 12 heteroatoms. The van der Waals surface area contributed by atoms with Crippen molar-refractivity contribution in [2.24, 2.45) is 0 Å². The van der Waals surface area contributed by atoms with Gasteiger partial charge < -0.3 is 4.74 Å². The summed E-state index contributed by atoms with van der Waals surface area (Å²) >= 11 is 0. The van der Waals surface area contributed by atoms with E-state index in [1.54, 1.807) is 12.1 Å². The molecule has 1 heterocycles. The molecule has 5 aromatic carbocycles. The van der Waals surface area contributed by atoms with Gasteiger partial charge >= 0.3 is 0 Å². The minimum Gasteiger partial charge on any atom is -0.493 e. The Balaban J connectivity index is 1.06. The number of hydrogen-bond acceptors (Lipinski definition) is 7. The van der Waals surface area contributed by atoms with Gasteiger partial charge in [-0.15, -0.1) is 5.10 Å². The number of aryl methyl sites for hydroxylation is 1. The quantitative estimate of drug-likeness (QED) is 0.0929. The van der Waals surface area contributed by atoms with E-state index in [9.17, 15) is 25.9 Å². The van der Waals surface area contributed by atoms with E-state index in [0.29, 0.717) is 17.9 Å². The van der Waals surface area contributed by atoms with Crippen LogP contribution in [0.25, 0.3) is 44.3 Å². The molecular formula is C36H33N3O7S2. The number of rotatable bonds is 13. The smallest absolute Gasteiger partial charge is 0.295 e. The summed E-state index contributed by atoms with van der Waals surface area (Å²) in [5.41, 5.74) is 5.09. The molecule has 0 unspecified atom stereocenters. The summed E-state index contributed by atoms with van der Waals surface area (Å²) in [4.78, 5) is -1.25. The molecule has 0 aliphatic heterocycles. The summed E-state index contributed by atoms with van der Waals surface area (Å²) in [7, 11) is -9.50. The van der Waals surface area contributed by atoms with Crippen LogP contribution in [-0.2, 0) is 26.8 Å². The first-order valence-electron chi connectivity index (χ1n) is 15.4. The Kier molecular flexibility index (Phi) is 9.69. The monoisotopic (exact) mass is 683 g/mol. The Hall–Kier alpha value is -4.88. The van der Waals surface area contributed by atoms with Crippen LogP contribution in [0.2, 0.25) is 0 Å². The van der Waals surface area contributed by atoms with E-state index in [2.05, 4.69) is 28.5 Å². The highest BCUT2D eigenvalue weighted by Crippen LogP contribution is 2.33. The Morgan fingerprint density at radius 3 is 2.15 bits per heavy atom. The largest absolute Gasteiger partial charge is 0.493 e. The van der Waals surface area contributed by atoms with Gasteiger partial charge in [-0.1, -0.05) is 90.5 Å². The highest BCUT2D eigenvalue weighted by Gasteiger charge is 2.21. The van der Waals surface area contributed by atoms with Crippen LogP contribution in [0.5, 0.6) is 5.75 Å². The minimum atomic E-state index is -4.80. The van der Waals surface area contributed by atoms with Crippen molar-refractivity contribution in [2.75, 3.05) is 6.61 Å². The van der Waals surface area contributed by atoms with Crippen molar-refractivity contribution in [1.29, 1.82) is 0 Å². The summed E-state index contributed by atoms with van der Waals surface area (Å²) in [6.45, 7) is 1.37. The van der Waals surface area contributed by atoms with Gasteiger partial charge in [0.15, 0.2) is 0 Å². The third-order valence-electron chi connectivity index (χ3n) is 8.01. The summed E-state index contributed by atoms with van der Waals surface area (Å²) < 4.78 is 74.8. The number of aromatic nitrogens is 3.